The van der Waals surface area contributed by atoms with Crippen molar-refractivity contribution >= 4 is 11.6 Å². The summed E-state index contributed by atoms with van der Waals surface area (Å²) >= 11 is 0. The number of ether oxygens (including phenoxy) is 2. The van der Waals surface area contributed by atoms with E-state index in [4.69, 9.17) is 9.47 Å². The van der Waals surface area contributed by atoms with E-state index in [0.717, 1.165) is 43.1 Å². The normalized spacial score (nSPS) is 16.2. The fraction of sp³-hybridized carbons (Fsp3) is 0.409. The van der Waals surface area contributed by atoms with Gasteiger partial charge in [-0.1, -0.05) is 24.3 Å². The summed E-state index contributed by atoms with van der Waals surface area (Å²) in [7, 11) is 3.79. The van der Waals surface area contributed by atoms with E-state index < -0.39 is 6.10 Å². The summed E-state index contributed by atoms with van der Waals surface area (Å²) < 4.78 is 10.9. The van der Waals surface area contributed by atoms with Crippen LogP contribution in [0.2, 0.25) is 0 Å². The number of para-hydroxylation sites is 2. The Bertz CT molecular complexity index is 760. The molecule has 0 unspecified atom stereocenters. The van der Waals surface area contributed by atoms with Gasteiger partial charge in [0.15, 0.2) is 6.10 Å². The number of carbonyl (C=O) groups is 1. The van der Waals surface area contributed by atoms with Gasteiger partial charge in [0.2, 0.25) is 0 Å². The summed E-state index contributed by atoms with van der Waals surface area (Å²) in [4.78, 5) is 16.7. The van der Waals surface area contributed by atoms with Crippen LogP contribution in [0.5, 0.6) is 11.5 Å². The van der Waals surface area contributed by atoms with E-state index in [2.05, 4.69) is 24.1 Å². The summed E-state index contributed by atoms with van der Waals surface area (Å²) in [6.07, 6.45) is 1.68. The third-order valence-electron chi connectivity index (χ3n) is 4.94. The predicted molar refractivity (Wildman–Crippen MR) is 108 cm³/mol. The van der Waals surface area contributed by atoms with Crippen LogP contribution < -0.4 is 14.4 Å². The molecule has 27 heavy (non-hydrogen) atoms. The number of aryl methyl sites for hydroxylation is 1. The number of hydrogen-bond donors (Lipinski definition) is 0. The van der Waals surface area contributed by atoms with E-state index in [1.807, 2.05) is 48.2 Å². The van der Waals surface area contributed by atoms with Crippen LogP contribution in [0.3, 0.4) is 0 Å². The summed E-state index contributed by atoms with van der Waals surface area (Å²) in [5.74, 6) is 1.70. The quantitative estimate of drug-likeness (QED) is 0.716. The Morgan fingerprint density at radius 3 is 2.59 bits per heavy atom. The molecule has 0 bridgehead atoms. The molecular formula is C22H28N2O3. The lowest BCUT2D eigenvalue weighted by molar-refractivity contribution is -0.125. The summed E-state index contributed by atoms with van der Waals surface area (Å²) in [5.41, 5.74) is 2.18. The maximum Gasteiger partial charge on any atom is 0.267 e. The number of likely N-dealkylation sites (N-methyl/N-ethyl adjacent to an activating group) is 1. The van der Waals surface area contributed by atoms with Gasteiger partial charge in [0.1, 0.15) is 11.5 Å². The molecule has 0 saturated carbocycles. The molecule has 3 rings (SSSR count). The molecule has 2 aromatic rings. The van der Waals surface area contributed by atoms with Gasteiger partial charge in [0.25, 0.3) is 5.91 Å². The second-order valence-corrected chi connectivity index (χ2v) is 6.97. The van der Waals surface area contributed by atoms with Crippen molar-refractivity contribution in [3.8, 4) is 11.5 Å². The molecule has 0 N–H and O–H groups in total. The van der Waals surface area contributed by atoms with E-state index >= 15 is 0 Å². The molecule has 0 aromatic heterocycles. The van der Waals surface area contributed by atoms with Crippen molar-refractivity contribution in [2.45, 2.75) is 25.9 Å². The average Bonchev–Trinajstić information content (AvgIpc) is 2.69. The minimum Gasteiger partial charge on any atom is -0.497 e. The van der Waals surface area contributed by atoms with E-state index in [1.165, 1.54) is 5.56 Å². The van der Waals surface area contributed by atoms with Gasteiger partial charge in [-0.2, -0.15) is 0 Å². The highest BCUT2D eigenvalue weighted by Crippen LogP contribution is 2.33. The molecular weight excluding hydrogens is 340 g/mol. The molecule has 0 radical (unpaired) electrons. The third-order valence-corrected chi connectivity index (χ3v) is 4.94. The first-order chi connectivity index (χ1) is 13.1. The Labute approximate surface area is 161 Å². The molecule has 2 aromatic carbocycles. The van der Waals surface area contributed by atoms with Crippen LogP contribution in [0.4, 0.5) is 5.69 Å². The van der Waals surface area contributed by atoms with Gasteiger partial charge in [0.05, 0.1) is 12.8 Å². The zero-order valence-corrected chi connectivity index (χ0v) is 16.4. The standard InChI is InChI=1S/C22H28N2O3/c1-17-22(25)24(20-8-4-5-9-21(20)27-17)16-15-23(2)14-6-7-18-10-12-19(26-3)13-11-18/h4-5,8-13,17H,6-7,14-16H2,1-3H3/t17-/m1/s1. The van der Waals surface area contributed by atoms with E-state index in [0.29, 0.717) is 6.54 Å². The average molecular weight is 368 g/mol. The van der Waals surface area contributed by atoms with Crippen LogP contribution in [0.1, 0.15) is 18.9 Å². The Morgan fingerprint density at radius 2 is 1.85 bits per heavy atom. The molecule has 0 aliphatic carbocycles. The van der Waals surface area contributed by atoms with Gasteiger partial charge in [0, 0.05) is 13.1 Å². The molecule has 0 fully saturated rings. The zero-order valence-electron chi connectivity index (χ0n) is 16.4. The molecule has 5 nitrogen and oxygen atoms in total. The lowest BCUT2D eigenvalue weighted by Gasteiger charge is -2.34. The molecule has 0 spiro atoms. The van der Waals surface area contributed by atoms with Gasteiger partial charge >= 0.3 is 0 Å². The predicted octanol–water partition coefficient (Wildman–Crippen LogP) is 3.37. The fourth-order valence-corrected chi connectivity index (χ4v) is 3.32. The molecule has 0 saturated heterocycles. The van der Waals surface area contributed by atoms with Gasteiger partial charge in [-0.25, -0.2) is 0 Å². The molecule has 1 heterocycles. The van der Waals surface area contributed by atoms with Crippen molar-refractivity contribution in [2.24, 2.45) is 0 Å². The van der Waals surface area contributed by atoms with Crippen LogP contribution in [-0.2, 0) is 11.2 Å². The number of hydrogen-bond acceptors (Lipinski definition) is 4. The van der Waals surface area contributed by atoms with Crippen molar-refractivity contribution in [1.29, 1.82) is 0 Å². The fourth-order valence-electron chi connectivity index (χ4n) is 3.32. The van der Waals surface area contributed by atoms with E-state index in [-0.39, 0.29) is 5.91 Å². The van der Waals surface area contributed by atoms with Gasteiger partial charge in [-0.05, 0) is 63.2 Å². The van der Waals surface area contributed by atoms with Crippen LogP contribution >= 0.6 is 0 Å². The molecule has 1 aliphatic rings. The second-order valence-electron chi connectivity index (χ2n) is 6.97. The van der Waals surface area contributed by atoms with Crippen molar-refractivity contribution in [1.82, 2.24) is 4.90 Å². The summed E-state index contributed by atoms with van der Waals surface area (Å²) in [6, 6.07) is 16.0. The minimum absolute atomic E-state index is 0.0281. The zero-order chi connectivity index (χ0) is 19.2. The van der Waals surface area contributed by atoms with Crippen molar-refractivity contribution in [3.63, 3.8) is 0 Å². The number of benzene rings is 2. The Hall–Kier alpha value is -2.53. The second kappa shape index (κ2) is 8.91. The first-order valence-corrected chi connectivity index (χ1v) is 9.47. The highest BCUT2D eigenvalue weighted by atomic mass is 16.5. The molecule has 1 amide bonds. The minimum atomic E-state index is -0.430. The molecule has 1 aliphatic heterocycles. The van der Waals surface area contributed by atoms with E-state index in [1.54, 1.807) is 7.11 Å². The number of methoxy groups -OCH3 is 1. The smallest absolute Gasteiger partial charge is 0.267 e. The largest absolute Gasteiger partial charge is 0.497 e. The maximum absolute atomic E-state index is 12.5. The Kier molecular flexibility index (Phi) is 6.35. The topological polar surface area (TPSA) is 42.0 Å². The van der Waals surface area contributed by atoms with Crippen molar-refractivity contribution in [2.75, 3.05) is 38.7 Å². The van der Waals surface area contributed by atoms with Gasteiger partial charge in [-0.3, -0.25) is 4.79 Å². The third kappa shape index (κ3) is 4.80. The number of amides is 1. The summed E-state index contributed by atoms with van der Waals surface area (Å²) in [5, 5.41) is 0. The number of nitrogens with zero attached hydrogens (tertiary/aromatic N) is 2. The maximum atomic E-state index is 12.5. The van der Waals surface area contributed by atoms with Crippen molar-refractivity contribution < 1.29 is 14.3 Å². The molecule has 5 heteroatoms. The molecule has 1 atom stereocenters. The van der Waals surface area contributed by atoms with Crippen LogP contribution in [0, 0.1) is 0 Å². The highest BCUT2D eigenvalue weighted by Gasteiger charge is 2.30. The first kappa shape index (κ1) is 19.2. The Morgan fingerprint density at radius 1 is 1.11 bits per heavy atom. The summed E-state index contributed by atoms with van der Waals surface area (Å²) in [6.45, 7) is 4.30. The van der Waals surface area contributed by atoms with E-state index in [9.17, 15) is 4.79 Å². The van der Waals surface area contributed by atoms with Crippen LogP contribution in [0.15, 0.2) is 48.5 Å². The Balaban J connectivity index is 1.48. The van der Waals surface area contributed by atoms with Crippen molar-refractivity contribution in [3.05, 3.63) is 54.1 Å². The molecule has 144 valence electrons. The number of anilines is 1. The first-order valence-electron chi connectivity index (χ1n) is 9.47. The van der Waals surface area contributed by atoms with Gasteiger partial charge in [-0.15, -0.1) is 0 Å². The monoisotopic (exact) mass is 368 g/mol. The highest BCUT2D eigenvalue weighted by molar-refractivity contribution is 5.99. The lowest BCUT2D eigenvalue weighted by Crippen LogP contribution is -2.47. The van der Waals surface area contributed by atoms with Crippen LogP contribution in [-0.4, -0.2) is 50.7 Å². The van der Waals surface area contributed by atoms with Gasteiger partial charge < -0.3 is 19.3 Å². The SMILES string of the molecule is COc1ccc(CCCN(C)CCN2C(=O)[C@@H](C)Oc3ccccc32)cc1. The number of rotatable bonds is 8. The number of fused-ring (bicyclic) bond motifs is 1. The number of carbonyl (C=O) groups excluding carboxylic acids is 1. The lowest BCUT2D eigenvalue weighted by atomic mass is 10.1. The van der Waals surface area contributed by atoms with Crippen LogP contribution in [0.25, 0.3) is 0 Å².